The molecular formula is C26H27ClN2O5. The summed E-state index contributed by atoms with van der Waals surface area (Å²) < 4.78 is 16.1. The molecule has 0 saturated carbocycles. The van der Waals surface area contributed by atoms with Crippen molar-refractivity contribution in [2.45, 2.75) is 13.3 Å². The van der Waals surface area contributed by atoms with Gasteiger partial charge < -0.3 is 24.8 Å². The zero-order valence-corrected chi connectivity index (χ0v) is 20.1. The third-order valence-electron chi connectivity index (χ3n) is 5.09. The molecule has 0 aromatic heterocycles. The number of carbonyl (C=O) groups is 2. The van der Waals surface area contributed by atoms with Gasteiger partial charge in [-0.2, -0.15) is 0 Å². The summed E-state index contributed by atoms with van der Waals surface area (Å²) in [5.41, 5.74) is 2.63. The number of ether oxygens (including phenoxy) is 3. The van der Waals surface area contributed by atoms with Crippen LogP contribution in [0.5, 0.6) is 17.2 Å². The summed E-state index contributed by atoms with van der Waals surface area (Å²) >= 11 is 6.01. The van der Waals surface area contributed by atoms with E-state index in [4.69, 9.17) is 25.8 Å². The Morgan fingerprint density at radius 1 is 0.941 bits per heavy atom. The molecule has 0 unspecified atom stereocenters. The fourth-order valence-corrected chi connectivity index (χ4v) is 3.40. The zero-order valence-electron chi connectivity index (χ0n) is 19.3. The molecule has 0 aliphatic rings. The normalized spacial score (nSPS) is 10.4. The molecule has 3 aromatic carbocycles. The highest BCUT2D eigenvalue weighted by molar-refractivity contribution is 6.31. The Morgan fingerprint density at radius 3 is 2.44 bits per heavy atom. The van der Waals surface area contributed by atoms with Crippen LogP contribution in [0.2, 0.25) is 5.02 Å². The number of nitrogens with one attached hydrogen (secondary N) is 2. The van der Waals surface area contributed by atoms with Crippen LogP contribution in [0.25, 0.3) is 0 Å². The monoisotopic (exact) mass is 482 g/mol. The Bertz CT molecular complexity index is 1170. The lowest BCUT2D eigenvalue weighted by Gasteiger charge is -2.13. The lowest BCUT2D eigenvalue weighted by molar-refractivity contribution is -0.118. The summed E-state index contributed by atoms with van der Waals surface area (Å²) in [6.07, 6.45) is 0.606. The molecule has 178 valence electrons. The van der Waals surface area contributed by atoms with Crippen LogP contribution in [-0.4, -0.2) is 39.2 Å². The van der Waals surface area contributed by atoms with E-state index in [2.05, 4.69) is 10.6 Å². The molecule has 2 amide bonds. The quantitative estimate of drug-likeness (QED) is 0.439. The van der Waals surface area contributed by atoms with Gasteiger partial charge in [0.25, 0.3) is 11.8 Å². The van der Waals surface area contributed by atoms with Crippen LogP contribution in [0.1, 0.15) is 21.5 Å². The Morgan fingerprint density at radius 2 is 1.71 bits per heavy atom. The first kappa shape index (κ1) is 24.9. The van der Waals surface area contributed by atoms with Crippen LogP contribution < -0.4 is 24.8 Å². The number of anilines is 1. The molecule has 0 radical (unpaired) electrons. The average molecular weight is 483 g/mol. The summed E-state index contributed by atoms with van der Waals surface area (Å²) in [6.45, 7) is 2.07. The second-order valence-corrected chi connectivity index (χ2v) is 7.90. The van der Waals surface area contributed by atoms with Crippen molar-refractivity contribution in [2.75, 3.05) is 32.7 Å². The fraction of sp³-hybridized carbons (Fsp3) is 0.231. The van der Waals surface area contributed by atoms with Gasteiger partial charge in [0.15, 0.2) is 18.1 Å². The minimum Gasteiger partial charge on any atom is -0.493 e. The molecule has 34 heavy (non-hydrogen) atoms. The molecule has 0 atom stereocenters. The number of carbonyl (C=O) groups excluding carboxylic acids is 2. The van der Waals surface area contributed by atoms with Gasteiger partial charge in [-0.15, -0.1) is 0 Å². The van der Waals surface area contributed by atoms with Crippen LogP contribution in [0.15, 0.2) is 60.7 Å². The molecule has 0 aliphatic heterocycles. The van der Waals surface area contributed by atoms with Crippen molar-refractivity contribution < 1.29 is 23.8 Å². The SMILES string of the molecule is COc1ccc(CCNC(=O)c2ccccc2NC(=O)COc2ccc(Cl)c(C)c2)cc1OC. The summed E-state index contributed by atoms with van der Waals surface area (Å²) in [5, 5.41) is 6.26. The Kier molecular flexibility index (Phi) is 8.76. The van der Waals surface area contributed by atoms with E-state index in [9.17, 15) is 9.59 Å². The van der Waals surface area contributed by atoms with Crippen LogP contribution in [-0.2, 0) is 11.2 Å². The van der Waals surface area contributed by atoms with E-state index in [0.717, 1.165) is 11.1 Å². The number of benzene rings is 3. The first-order chi connectivity index (χ1) is 16.4. The van der Waals surface area contributed by atoms with Gasteiger partial charge >= 0.3 is 0 Å². The van der Waals surface area contributed by atoms with Crippen molar-refractivity contribution >= 4 is 29.1 Å². The fourth-order valence-electron chi connectivity index (χ4n) is 3.28. The standard InChI is InChI=1S/C26H27ClN2O5/c1-17-14-19(9-10-21(17)27)34-16-25(30)29-22-7-5-4-6-20(22)26(31)28-13-12-18-8-11-23(32-2)24(15-18)33-3/h4-11,14-15H,12-13,16H2,1-3H3,(H,28,31)(H,29,30). The van der Waals surface area contributed by atoms with Crippen molar-refractivity contribution in [1.82, 2.24) is 5.32 Å². The minimum absolute atomic E-state index is 0.198. The Labute approximate surface area is 204 Å². The van der Waals surface area contributed by atoms with Crippen molar-refractivity contribution in [3.8, 4) is 17.2 Å². The van der Waals surface area contributed by atoms with Gasteiger partial charge in [0.05, 0.1) is 25.5 Å². The predicted molar refractivity (Wildman–Crippen MR) is 132 cm³/mol. The smallest absolute Gasteiger partial charge is 0.262 e. The maximum Gasteiger partial charge on any atom is 0.262 e. The Balaban J connectivity index is 1.55. The molecule has 0 heterocycles. The topological polar surface area (TPSA) is 85.9 Å². The predicted octanol–water partition coefficient (Wildman–Crippen LogP) is 4.66. The highest BCUT2D eigenvalue weighted by Gasteiger charge is 2.14. The van der Waals surface area contributed by atoms with Crippen molar-refractivity contribution in [2.24, 2.45) is 0 Å². The molecule has 3 rings (SSSR count). The van der Waals surface area contributed by atoms with Crippen molar-refractivity contribution in [3.05, 3.63) is 82.4 Å². The minimum atomic E-state index is -0.377. The van der Waals surface area contributed by atoms with Gasteiger partial charge in [-0.1, -0.05) is 29.8 Å². The number of rotatable bonds is 10. The molecule has 7 nitrogen and oxygen atoms in total. The number of aryl methyl sites for hydroxylation is 1. The van der Waals surface area contributed by atoms with Crippen LogP contribution in [0.3, 0.4) is 0 Å². The highest BCUT2D eigenvalue weighted by Crippen LogP contribution is 2.27. The molecule has 0 fully saturated rings. The molecule has 8 heteroatoms. The first-order valence-electron chi connectivity index (χ1n) is 10.7. The number of methoxy groups -OCH3 is 2. The maximum absolute atomic E-state index is 12.8. The largest absolute Gasteiger partial charge is 0.493 e. The van der Waals surface area contributed by atoms with E-state index in [1.165, 1.54) is 0 Å². The lowest BCUT2D eigenvalue weighted by Crippen LogP contribution is -2.28. The number of amides is 2. The second-order valence-electron chi connectivity index (χ2n) is 7.49. The number of halogens is 1. The van der Waals surface area contributed by atoms with Crippen LogP contribution >= 0.6 is 11.6 Å². The molecule has 0 saturated heterocycles. The van der Waals surface area contributed by atoms with Gasteiger partial charge in [0.2, 0.25) is 0 Å². The van der Waals surface area contributed by atoms with Gasteiger partial charge in [0.1, 0.15) is 5.75 Å². The molecule has 0 bridgehead atoms. The average Bonchev–Trinajstić information content (AvgIpc) is 2.84. The molecule has 3 aromatic rings. The van der Waals surface area contributed by atoms with E-state index >= 15 is 0 Å². The summed E-state index contributed by atoms with van der Waals surface area (Å²) in [7, 11) is 3.16. The van der Waals surface area contributed by atoms with E-state index in [1.54, 1.807) is 56.7 Å². The Hall–Kier alpha value is -3.71. The van der Waals surface area contributed by atoms with E-state index < -0.39 is 0 Å². The second kappa shape index (κ2) is 12.0. The number of para-hydroxylation sites is 1. The molecule has 0 aliphatic carbocycles. The first-order valence-corrected chi connectivity index (χ1v) is 11.1. The third kappa shape index (κ3) is 6.65. The molecular weight excluding hydrogens is 456 g/mol. The summed E-state index contributed by atoms with van der Waals surface area (Å²) in [6, 6.07) is 17.6. The van der Waals surface area contributed by atoms with Gasteiger partial charge in [0, 0.05) is 11.6 Å². The van der Waals surface area contributed by atoms with Gasteiger partial charge in [-0.3, -0.25) is 9.59 Å². The van der Waals surface area contributed by atoms with Gasteiger partial charge in [-0.05, 0) is 66.9 Å². The summed E-state index contributed by atoms with van der Waals surface area (Å²) in [5.74, 6) is 1.16. The van der Waals surface area contributed by atoms with Crippen LogP contribution in [0, 0.1) is 6.92 Å². The van der Waals surface area contributed by atoms with E-state index in [1.807, 2.05) is 25.1 Å². The van der Waals surface area contributed by atoms with Crippen molar-refractivity contribution in [3.63, 3.8) is 0 Å². The maximum atomic E-state index is 12.8. The highest BCUT2D eigenvalue weighted by atomic mass is 35.5. The van der Waals surface area contributed by atoms with Crippen molar-refractivity contribution in [1.29, 1.82) is 0 Å². The van der Waals surface area contributed by atoms with E-state index in [0.29, 0.717) is 46.5 Å². The number of hydrogen-bond acceptors (Lipinski definition) is 5. The van der Waals surface area contributed by atoms with Crippen LogP contribution in [0.4, 0.5) is 5.69 Å². The summed E-state index contributed by atoms with van der Waals surface area (Å²) in [4.78, 5) is 25.2. The molecule has 0 spiro atoms. The zero-order chi connectivity index (χ0) is 24.5. The van der Waals surface area contributed by atoms with Gasteiger partial charge in [-0.25, -0.2) is 0 Å². The number of hydrogen-bond donors (Lipinski definition) is 2. The molecule has 2 N–H and O–H groups in total. The third-order valence-corrected chi connectivity index (χ3v) is 5.52. The lowest BCUT2D eigenvalue weighted by atomic mass is 10.1. The van der Waals surface area contributed by atoms with E-state index in [-0.39, 0.29) is 18.4 Å².